The molecule has 2 atom stereocenters. The second-order valence-corrected chi connectivity index (χ2v) is 4.72. The van der Waals surface area contributed by atoms with Crippen LogP contribution in [0.3, 0.4) is 0 Å². The molecule has 0 aromatic carbocycles. The van der Waals surface area contributed by atoms with Gasteiger partial charge in [0, 0.05) is 18.8 Å². The van der Waals surface area contributed by atoms with Gasteiger partial charge in [0.15, 0.2) is 0 Å². The van der Waals surface area contributed by atoms with Crippen LogP contribution in [0, 0.1) is 12.8 Å². The molecular formula is C12H17N3O3. The number of nitrogens with one attached hydrogen (secondary N) is 1. The largest absolute Gasteiger partial charge is 0.481 e. The van der Waals surface area contributed by atoms with Gasteiger partial charge in [-0.2, -0.15) is 5.10 Å². The summed E-state index contributed by atoms with van der Waals surface area (Å²) in [4.78, 5) is 23.1. The van der Waals surface area contributed by atoms with Gasteiger partial charge < -0.3 is 10.4 Å². The lowest BCUT2D eigenvalue weighted by atomic mass is 10.0. The number of aromatic nitrogens is 2. The summed E-state index contributed by atoms with van der Waals surface area (Å²) in [6, 6.07) is -0.269. The van der Waals surface area contributed by atoms with E-state index in [1.807, 2.05) is 6.92 Å². The van der Waals surface area contributed by atoms with Gasteiger partial charge in [0.05, 0.1) is 17.7 Å². The maximum Gasteiger partial charge on any atom is 0.308 e. The number of amides is 1. The molecule has 1 aromatic rings. The van der Waals surface area contributed by atoms with Crippen LogP contribution in [0.15, 0.2) is 6.20 Å². The average Bonchev–Trinajstić information content (AvgIpc) is 2.88. The Morgan fingerprint density at radius 2 is 2.22 bits per heavy atom. The molecule has 0 unspecified atom stereocenters. The van der Waals surface area contributed by atoms with Crippen LogP contribution in [0.2, 0.25) is 0 Å². The fourth-order valence-electron chi connectivity index (χ4n) is 2.40. The highest BCUT2D eigenvalue weighted by Gasteiger charge is 2.34. The molecule has 1 aliphatic rings. The van der Waals surface area contributed by atoms with Crippen molar-refractivity contribution in [3.8, 4) is 0 Å². The van der Waals surface area contributed by atoms with E-state index < -0.39 is 11.9 Å². The van der Waals surface area contributed by atoms with Crippen LogP contribution in [0.1, 0.15) is 35.3 Å². The number of carboxylic acids is 1. The van der Waals surface area contributed by atoms with E-state index in [2.05, 4.69) is 10.4 Å². The minimum Gasteiger partial charge on any atom is -0.481 e. The number of aryl methyl sites for hydroxylation is 1. The van der Waals surface area contributed by atoms with Gasteiger partial charge >= 0.3 is 5.97 Å². The zero-order valence-electron chi connectivity index (χ0n) is 10.5. The van der Waals surface area contributed by atoms with Gasteiger partial charge in [-0.05, 0) is 19.8 Å². The lowest BCUT2D eigenvalue weighted by molar-refractivity contribution is -0.142. The number of hydrogen-bond donors (Lipinski definition) is 2. The number of aliphatic carboxylic acids is 1. The fraction of sp³-hybridized carbons (Fsp3) is 0.583. The first-order valence-electron chi connectivity index (χ1n) is 6.03. The van der Waals surface area contributed by atoms with Crippen LogP contribution in [-0.2, 0) is 11.8 Å². The molecule has 1 aromatic heterocycles. The summed E-state index contributed by atoms with van der Waals surface area (Å²) in [6.45, 7) is 1.81. The number of carbonyl (C=O) groups excluding carboxylic acids is 1. The first-order valence-corrected chi connectivity index (χ1v) is 6.03. The number of rotatable bonds is 3. The first-order chi connectivity index (χ1) is 8.50. The van der Waals surface area contributed by atoms with Crippen molar-refractivity contribution < 1.29 is 14.7 Å². The minimum atomic E-state index is -0.833. The van der Waals surface area contributed by atoms with Crippen molar-refractivity contribution in [1.82, 2.24) is 15.1 Å². The van der Waals surface area contributed by atoms with Gasteiger partial charge in [-0.1, -0.05) is 6.42 Å². The smallest absolute Gasteiger partial charge is 0.308 e. The predicted molar refractivity (Wildman–Crippen MR) is 64.2 cm³/mol. The third kappa shape index (κ3) is 2.23. The Balaban J connectivity index is 2.08. The van der Waals surface area contributed by atoms with Crippen LogP contribution >= 0.6 is 0 Å². The van der Waals surface area contributed by atoms with Crippen molar-refractivity contribution in [2.75, 3.05) is 0 Å². The van der Waals surface area contributed by atoms with Gasteiger partial charge in [-0.15, -0.1) is 0 Å². The van der Waals surface area contributed by atoms with Crippen LogP contribution in [-0.4, -0.2) is 32.8 Å². The Morgan fingerprint density at radius 3 is 2.78 bits per heavy atom. The van der Waals surface area contributed by atoms with E-state index in [-0.39, 0.29) is 11.9 Å². The number of carboxylic acid groups (broad SMARTS) is 1. The number of hydrogen-bond acceptors (Lipinski definition) is 3. The van der Waals surface area contributed by atoms with Crippen LogP contribution < -0.4 is 5.32 Å². The van der Waals surface area contributed by atoms with Gasteiger partial charge in [0.25, 0.3) is 5.91 Å². The molecule has 0 spiro atoms. The van der Waals surface area contributed by atoms with Gasteiger partial charge in [0.1, 0.15) is 0 Å². The quantitative estimate of drug-likeness (QED) is 0.828. The zero-order valence-corrected chi connectivity index (χ0v) is 10.5. The van der Waals surface area contributed by atoms with Gasteiger partial charge in [-0.25, -0.2) is 0 Å². The fourth-order valence-corrected chi connectivity index (χ4v) is 2.40. The molecule has 1 heterocycles. The van der Waals surface area contributed by atoms with E-state index in [9.17, 15) is 9.59 Å². The maximum atomic E-state index is 12.0. The summed E-state index contributed by atoms with van der Waals surface area (Å²) in [7, 11) is 1.77. The molecule has 98 valence electrons. The lowest BCUT2D eigenvalue weighted by Gasteiger charge is -2.17. The highest BCUT2D eigenvalue weighted by atomic mass is 16.4. The molecule has 2 rings (SSSR count). The molecule has 0 radical (unpaired) electrons. The molecule has 0 saturated heterocycles. The van der Waals surface area contributed by atoms with Crippen LogP contribution in [0.25, 0.3) is 0 Å². The van der Waals surface area contributed by atoms with E-state index in [0.717, 1.165) is 18.5 Å². The average molecular weight is 251 g/mol. The molecule has 1 fully saturated rings. The molecule has 2 N–H and O–H groups in total. The SMILES string of the molecule is Cc1c(C(=O)N[C@H]2CCC[C@H]2C(=O)O)cnn1C. The van der Waals surface area contributed by atoms with Crippen molar-refractivity contribution in [1.29, 1.82) is 0 Å². The monoisotopic (exact) mass is 251 g/mol. The molecule has 1 saturated carbocycles. The molecule has 18 heavy (non-hydrogen) atoms. The molecule has 0 bridgehead atoms. The normalized spacial score (nSPS) is 23.0. The third-order valence-electron chi connectivity index (χ3n) is 3.63. The number of nitrogens with zero attached hydrogens (tertiary/aromatic N) is 2. The highest BCUT2D eigenvalue weighted by Crippen LogP contribution is 2.26. The zero-order chi connectivity index (χ0) is 13.3. The van der Waals surface area contributed by atoms with Crippen molar-refractivity contribution in [3.63, 3.8) is 0 Å². The van der Waals surface area contributed by atoms with E-state index in [1.165, 1.54) is 6.20 Å². The third-order valence-corrected chi connectivity index (χ3v) is 3.63. The van der Waals surface area contributed by atoms with E-state index in [1.54, 1.807) is 11.7 Å². The standard InChI is InChI=1S/C12H17N3O3/c1-7-9(6-13-15(7)2)11(16)14-10-5-3-4-8(10)12(17)18/h6,8,10H,3-5H2,1-2H3,(H,14,16)(H,17,18)/t8-,10+/m1/s1. The second kappa shape index (κ2) is 4.80. The highest BCUT2D eigenvalue weighted by molar-refractivity contribution is 5.95. The summed E-state index contributed by atoms with van der Waals surface area (Å²) in [6.07, 6.45) is 3.71. The number of carbonyl (C=O) groups is 2. The molecule has 6 nitrogen and oxygen atoms in total. The first kappa shape index (κ1) is 12.6. The van der Waals surface area contributed by atoms with Crippen LogP contribution in [0.5, 0.6) is 0 Å². The van der Waals surface area contributed by atoms with Crippen molar-refractivity contribution in [3.05, 3.63) is 17.5 Å². The Bertz CT molecular complexity index is 481. The predicted octanol–water partition coefficient (Wildman–Crippen LogP) is 0.712. The Kier molecular flexibility index (Phi) is 3.36. The van der Waals surface area contributed by atoms with Gasteiger partial charge in [-0.3, -0.25) is 14.3 Å². The molecule has 1 amide bonds. The van der Waals surface area contributed by atoms with Crippen LogP contribution in [0.4, 0.5) is 0 Å². The molecule has 0 aliphatic heterocycles. The molecule has 1 aliphatic carbocycles. The summed E-state index contributed by atoms with van der Waals surface area (Å²) in [5.74, 6) is -1.54. The van der Waals surface area contributed by atoms with E-state index in [0.29, 0.717) is 12.0 Å². The second-order valence-electron chi connectivity index (χ2n) is 4.72. The van der Waals surface area contributed by atoms with Gasteiger partial charge in [0.2, 0.25) is 0 Å². The Morgan fingerprint density at radius 1 is 1.50 bits per heavy atom. The van der Waals surface area contributed by atoms with Crippen molar-refractivity contribution in [2.24, 2.45) is 13.0 Å². The summed E-state index contributed by atoms with van der Waals surface area (Å²) >= 11 is 0. The molecule has 6 heteroatoms. The lowest BCUT2D eigenvalue weighted by Crippen LogP contribution is -2.40. The van der Waals surface area contributed by atoms with E-state index >= 15 is 0 Å². The molecular weight excluding hydrogens is 234 g/mol. The summed E-state index contributed by atoms with van der Waals surface area (Å²) in [5, 5.41) is 15.9. The Labute approximate surface area is 105 Å². The van der Waals surface area contributed by atoms with Crippen molar-refractivity contribution in [2.45, 2.75) is 32.2 Å². The van der Waals surface area contributed by atoms with Crippen molar-refractivity contribution >= 4 is 11.9 Å². The topological polar surface area (TPSA) is 84.2 Å². The van der Waals surface area contributed by atoms with E-state index in [4.69, 9.17) is 5.11 Å². The maximum absolute atomic E-state index is 12.0. The summed E-state index contributed by atoms with van der Waals surface area (Å²) in [5.41, 5.74) is 1.28. The summed E-state index contributed by atoms with van der Waals surface area (Å²) < 4.78 is 1.62. The minimum absolute atomic E-state index is 0.237. The Hall–Kier alpha value is -1.85.